The number of carboxylic acids is 1. The van der Waals surface area contributed by atoms with Gasteiger partial charge in [-0.15, -0.1) is 0 Å². The number of carboxylic acid groups (broad SMARTS) is 1. The van der Waals surface area contributed by atoms with Gasteiger partial charge in [0.25, 0.3) is 0 Å². The monoisotopic (exact) mass is 332 g/mol. The topological polar surface area (TPSA) is 86.7 Å². The molecule has 1 aromatic rings. The van der Waals surface area contributed by atoms with Crippen molar-refractivity contribution < 1.29 is 19.5 Å². The summed E-state index contributed by atoms with van der Waals surface area (Å²) in [4.78, 5) is 37.0. The van der Waals surface area contributed by atoms with Crippen LogP contribution >= 0.6 is 0 Å². The molecule has 130 valence electrons. The lowest BCUT2D eigenvalue weighted by atomic mass is 9.89. The smallest absolute Gasteiger partial charge is 0.309 e. The van der Waals surface area contributed by atoms with Crippen LogP contribution in [0.4, 0.5) is 0 Å². The number of nitrogens with one attached hydrogen (secondary N) is 1. The molecule has 1 unspecified atom stereocenters. The van der Waals surface area contributed by atoms with E-state index in [0.29, 0.717) is 26.1 Å². The predicted molar refractivity (Wildman–Crippen MR) is 89.0 cm³/mol. The SMILES string of the molecule is CC(C)(CCNC(=O)C1CC(=O)N(Cc2ccccc2)C1)C(=O)O. The van der Waals surface area contributed by atoms with Crippen LogP contribution < -0.4 is 5.32 Å². The zero-order valence-corrected chi connectivity index (χ0v) is 14.1. The highest BCUT2D eigenvalue weighted by molar-refractivity contribution is 5.89. The van der Waals surface area contributed by atoms with Crippen LogP contribution in [0.2, 0.25) is 0 Å². The van der Waals surface area contributed by atoms with Crippen molar-refractivity contribution in [2.45, 2.75) is 33.2 Å². The summed E-state index contributed by atoms with van der Waals surface area (Å²) in [5.74, 6) is -1.46. The summed E-state index contributed by atoms with van der Waals surface area (Å²) >= 11 is 0. The van der Waals surface area contributed by atoms with Crippen LogP contribution in [0.25, 0.3) is 0 Å². The summed E-state index contributed by atoms with van der Waals surface area (Å²) in [7, 11) is 0. The molecule has 0 spiro atoms. The lowest BCUT2D eigenvalue weighted by molar-refractivity contribution is -0.147. The predicted octanol–water partition coefficient (Wildman–Crippen LogP) is 1.65. The number of hydrogen-bond donors (Lipinski definition) is 2. The van der Waals surface area contributed by atoms with E-state index >= 15 is 0 Å². The highest BCUT2D eigenvalue weighted by atomic mass is 16.4. The van der Waals surface area contributed by atoms with Gasteiger partial charge in [-0.25, -0.2) is 0 Å². The van der Waals surface area contributed by atoms with Crippen LogP contribution in [0.15, 0.2) is 30.3 Å². The minimum Gasteiger partial charge on any atom is -0.481 e. The Morgan fingerprint density at radius 3 is 2.58 bits per heavy atom. The maximum absolute atomic E-state index is 12.2. The molecule has 1 aliphatic rings. The van der Waals surface area contributed by atoms with Crippen molar-refractivity contribution in [1.82, 2.24) is 10.2 Å². The zero-order chi connectivity index (χ0) is 17.7. The second kappa shape index (κ2) is 7.47. The molecule has 0 bridgehead atoms. The highest BCUT2D eigenvalue weighted by Gasteiger charge is 2.34. The van der Waals surface area contributed by atoms with Gasteiger partial charge in [0.2, 0.25) is 11.8 Å². The van der Waals surface area contributed by atoms with Crippen LogP contribution in [0.1, 0.15) is 32.3 Å². The second-order valence-electron chi connectivity index (χ2n) is 6.89. The van der Waals surface area contributed by atoms with Crippen molar-refractivity contribution in [3.63, 3.8) is 0 Å². The van der Waals surface area contributed by atoms with Crippen LogP contribution in [0.5, 0.6) is 0 Å². The summed E-state index contributed by atoms with van der Waals surface area (Å²) in [5, 5.41) is 11.8. The molecule has 1 fully saturated rings. The van der Waals surface area contributed by atoms with Crippen LogP contribution in [0, 0.1) is 11.3 Å². The molecule has 0 aliphatic carbocycles. The van der Waals surface area contributed by atoms with E-state index in [4.69, 9.17) is 5.11 Å². The molecule has 24 heavy (non-hydrogen) atoms. The van der Waals surface area contributed by atoms with E-state index in [1.54, 1.807) is 18.7 Å². The van der Waals surface area contributed by atoms with Gasteiger partial charge in [-0.2, -0.15) is 0 Å². The van der Waals surface area contributed by atoms with E-state index < -0.39 is 11.4 Å². The van der Waals surface area contributed by atoms with Gasteiger partial charge in [0, 0.05) is 26.1 Å². The number of aliphatic carboxylic acids is 1. The third-order valence-electron chi connectivity index (χ3n) is 4.43. The number of likely N-dealkylation sites (tertiary alicyclic amines) is 1. The number of carbonyl (C=O) groups is 3. The Bertz CT molecular complexity index is 613. The van der Waals surface area contributed by atoms with E-state index in [0.717, 1.165) is 5.56 Å². The summed E-state index contributed by atoms with van der Waals surface area (Å²) < 4.78 is 0. The third kappa shape index (κ3) is 4.57. The first kappa shape index (κ1) is 18.0. The average Bonchev–Trinajstić information content (AvgIpc) is 2.89. The molecule has 1 aromatic carbocycles. The second-order valence-corrected chi connectivity index (χ2v) is 6.89. The Labute approximate surface area is 141 Å². The summed E-state index contributed by atoms with van der Waals surface area (Å²) in [6.45, 7) is 4.46. The maximum atomic E-state index is 12.2. The van der Waals surface area contributed by atoms with E-state index in [1.165, 1.54) is 0 Å². The number of hydrogen-bond acceptors (Lipinski definition) is 3. The van der Waals surface area contributed by atoms with E-state index in [-0.39, 0.29) is 24.2 Å². The maximum Gasteiger partial charge on any atom is 0.309 e. The van der Waals surface area contributed by atoms with Gasteiger partial charge in [-0.1, -0.05) is 30.3 Å². The fraction of sp³-hybridized carbons (Fsp3) is 0.500. The molecule has 2 amide bonds. The Balaban J connectivity index is 1.82. The summed E-state index contributed by atoms with van der Waals surface area (Å²) in [5.41, 5.74) is 0.160. The highest BCUT2D eigenvalue weighted by Crippen LogP contribution is 2.22. The molecule has 2 N–H and O–H groups in total. The fourth-order valence-corrected chi connectivity index (χ4v) is 2.65. The molecule has 1 aliphatic heterocycles. The lowest BCUT2D eigenvalue weighted by Crippen LogP contribution is -2.36. The van der Waals surface area contributed by atoms with Gasteiger partial charge in [-0.3, -0.25) is 14.4 Å². The van der Waals surface area contributed by atoms with Crippen molar-refractivity contribution in [2.24, 2.45) is 11.3 Å². The molecule has 0 aromatic heterocycles. The number of amides is 2. The molecular formula is C18H24N2O4. The number of rotatable bonds is 7. The zero-order valence-electron chi connectivity index (χ0n) is 14.1. The van der Waals surface area contributed by atoms with Crippen LogP contribution in [-0.2, 0) is 20.9 Å². The fourth-order valence-electron chi connectivity index (χ4n) is 2.65. The first-order valence-electron chi connectivity index (χ1n) is 8.12. The molecule has 0 saturated carbocycles. The van der Waals surface area contributed by atoms with Crippen LogP contribution in [0.3, 0.4) is 0 Å². The Hall–Kier alpha value is -2.37. The quantitative estimate of drug-likeness (QED) is 0.795. The molecule has 1 atom stereocenters. The molecule has 1 heterocycles. The molecule has 1 saturated heterocycles. The van der Waals surface area contributed by atoms with Crippen molar-refractivity contribution in [1.29, 1.82) is 0 Å². The van der Waals surface area contributed by atoms with Gasteiger partial charge in [-0.05, 0) is 25.8 Å². The van der Waals surface area contributed by atoms with Gasteiger partial charge in [0.1, 0.15) is 0 Å². The molecule has 6 nitrogen and oxygen atoms in total. The normalized spacial score (nSPS) is 17.8. The first-order valence-corrected chi connectivity index (χ1v) is 8.12. The van der Waals surface area contributed by atoms with E-state index in [1.807, 2.05) is 30.3 Å². The van der Waals surface area contributed by atoms with Crippen molar-refractivity contribution in [3.05, 3.63) is 35.9 Å². The molecular weight excluding hydrogens is 308 g/mol. The van der Waals surface area contributed by atoms with E-state index in [9.17, 15) is 14.4 Å². The molecule has 0 radical (unpaired) electrons. The van der Waals surface area contributed by atoms with E-state index in [2.05, 4.69) is 5.32 Å². The van der Waals surface area contributed by atoms with Gasteiger partial charge in [0.15, 0.2) is 0 Å². The molecule has 6 heteroatoms. The summed E-state index contributed by atoms with van der Waals surface area (Å²) in [6, 6.07) is 9.67. The number of nitrogens with zero attached hydrogens (tertiary/aromatic N) is 1. The van der Waals surface area contributed by atoms with Crippen molar-refractivity contribution >= 4 is 17.8 Å². The third-order valence-corrected chi connectivity index (χ3v) is 4.43. The number of carbonyl (C=O) groups excluding carboxylic acids is 2. The Morgan fingerprint density at radius 1 is 1.29 bits per heavy atom. The average molecular weight is 332 g/mol. The number of benzene rings is 1. The first-order chi connectivity index (χ1) is 11.3. The van der Waals surface area contributed by atoms with Crippen molar-refractivity contribution in [2.75, 3.05) is 13.1 Å². The van der Waals surface area contributed by atoms with Gasteiger partial charge in [0.05, 0.1) is 11.3 Å². The summed E-state index contributed by atoms with van der Waals surface area (Å²) in [6.07, 6.45) is 0.559. The van der Waals surface area contributed by atoms with Crippen molar-refractivity contribution in [3.8, 4) is 0 Å². The minimum atomic E-state index is -0.887. The Morgan fingerprint density at radius 2 is 1.96 bits per heavy atom. The van der Waals surface area contributed by atoms with Gasteiger partial charge >= 0.3 is 5.97 Å². The minimum absolute atomic E-state index is 0.0233. The van der Waals surface area contributed by atoms with Gasteiger partial charge < -0.3 is 15.3 Å². The lowest BCUT2D eigenvalue weighted by Gasteiger charge is -2.20. The standard InChI is InChI=1S/C18H24N2O4/c1-18(2,17(23)24)8-9-19-16(22)14-10-15(21)20(12-14)11-13-6-4-3-5-7-13/h3-7,14H,8-12H2,1-2H3,(H,19,22)(H,23,24). The Kier molecular flexibility index (Phi) is 5.59. The molecule has 2 rings (SSSR count). The largest absolute Gasteiger partial charge is 0.481 e. The van der Waals surface area contributed by atoms with Crippen LogP contribution in [-0.4, -0.2) is 40.9 Å².